The number of ether oxygens (including phenoxy) is 2. The lowest BCUT2D eigenvalue weighted by Gasteiger charge is -2.15. The zero-order valence-corrected chi connectivity index (χ0v) is 11.7. The smallest absolute Gasteiger partial charge is 0.404 e. The molecule has 1 atom stereocenters. The summed E-state index contributed by atoms with van der Waals surface area (Å²) in [5.41, 5.74) is 0. The van der Waals surface area contributed by atoms with Gasteiger partial charge in [0.15, 0.2) is 0 Å². The second kappa shape index (κ2) is 6.20. The van der Waals surface area contributed by atoms with Gasteiger partial charge in [-0.2, -0.15) is 0 Å². The van der Waals surface area contributed by atoms with Crippen molar-refractivity contribution in [1.82, 2.24) is 4.72 Å². The minimum atomic E-state index is -4.96. The SMILES string of the molecule is O=S(=O)(NCC1CCCO1)c1ccccc1OC(F)(F)F. The lowest BCUT2D eigenvalue weighted by atomic mass is 10.2. The number of hydrogen-bond donors (Lipinski definition) is 1. The number of sulfonamides is 1. The minimum absolute atomic E-state index is 0.0166. The van der Waals surface area contributed by atoms with Crippen molar-refractivity contribution in [1.29, 1.82) is 0 Å². The Bertz CT molecular complexity index is 582. The Morgan fingerprint density at radius 3 is 2.67 bits per heavy atom. The van der Waals surface area contributed by atoms with Crippen molar-refractivity contribution >= 4 is 10.0 Å². The molecule has 9 heteroatoms. The van der Waals surface area contributed by atoms with Crippen LogP contribution in [0.3, 0.4) is 0 Å². The second-order valence-electron chi connectivity index (χ2n) is 4.48. The third-order valence-electron chi connectivity index (χ3n) is 2.89. The molecule has 1 unspecified atom stereocenters. The Labute approximate surface area is 120 Å². The first kappa shape index (κ1) is 16.1. The molecule has 118 valence electrons. The molecule has 1 aliphatic rings. The van der Waals surface area contributed by atoms with Crippen LogP contribution in [0.25, 0.3) is 0 Å². The molecule has 0 amide bonds. The van der Waals surface area contributed by atoms with Crippen LogP contribution in [0.1, 0.15) is 12.8 Å². The highest BCUT2D eigenvalue weighted by Gasteiger charge is 2.34. The van der Waals surface area contributed by atoms with Gasteiger partial charge in [0.25, 0.3) is 0 Å². The van der Waals surface area contributed by atoms with Crippen molar-refractivity contribution in [2.75, 3.05) is 13.2 Å². The van der Waals surface area contributed by atoms with E-state index in [2.05, 4.69) is 9.46 Å². The van der Waals surface area contributed by atoms with Crippen LogP contribution in [0.5, 0.6) is 5.75 Å². The van der Waals surface area contributed by atoms with Crippen LogP contribution in [0.4, 0.5) is 13.2 Å². The topological polar surface area (TPSA) is 64.6 Å². The molecule has 1 fully saturated rings. The van der Waals surface area contributed by atoms with Crippen LogP contribution in [-0.2, 0) is 14.8 Å². The van der Waals surface area contributed by atoms with Gasteiger partial charge in [-0.3, -0.25) is 0 Å². The predicted octanol–water partition coefficient (Wildman–Crippen LogP) is 2.04. The van der Waals surface area contributed by atoms with Gasteiger partial charge in [-0.1, -0.05) is 12.1 Å². The number of halogens is 3. The van der Waals surface area contributed by atoms with Gasteiger partial charge in [-0.25, -0.2) is 13.1 Å². The van der Waals surface area contributed by atoms with Gasteiger partial charge in [0.05, 0.1) is 6.10 Å². The molecule has 0 aliphatic carbocycles. The van der Waals surface area contributed by atoms with E-state index in [0.29, 0.717) is 13.0 Å². The van der Waals surface area contributed by atoms with E-state index >= 15 is 0 Å². The largest absolute Gasteiger partial charge is 0.573 e. The first-order chi connectivity index (χ1) is 9.78. The van der Waals surface area contributed by atoms with Gasteiger partial charge in [0.2, 0.25) is 10.0 Å². The number of benzene rings is 1. The molecule has 1 aromatic rings. The van der Waals surface area contributed by atoms with Crippen LogP contribution in [0.2, 0.25) is 0 Å². The van der Waals surface area contributed by atoms with E-state index in [1.165, 1.54) is 12.1 Å². The summed E-state index contributed by atoms with van der Waals surface area (Å²) in [5.74, 6) is -0.759. The first-order valence-corrected chi connectivity index (χ1v) is 7.72. The molecule has 2 rings (SSSR count). The van der Waals surface area contributed by atoms with Crippen LogP contribution in [0, 0.1) is 0 Å². The van der Waals surface area contributed by atoms with E-state index < -0.39 is 27.0 Å². The summed E-state index contributed by atoms with van der Waals surface area (Å²) in [6, 6.07) is 4.59. The molecule has 0 radical (unpaired) electrons. The standard InChI is InChI=1S/C12H14F3NO4S/c13-12(14,15)20-10-5-1-2-6-11(10)21(17,18)16-8-9-4-3-7-19-9/h1-2,5-6,9,16H,3-4,7-8H2. The van der Waals surface area contributed by atoms with Crippen molar-refractivity contribution in [2.45, 2.75) is 30.2 Å². The predicted molar refractivity (Wildman–Crippen MR) is 67.3 cm³/mol. The van der Waals surface area contributed by atoms with Gasteiger partial charge in [-0.15, -0.1) is 13.2 Å². The monoisotopic (exact) mass is 325 g/mol. The van der Waals surface area contributed by atoms with Crippen molar-refractivity contribution in [3.8, 4) is 5.75 Å². The number of para-hydroxylation sites is 1. The zero-order chi connectivity index (χ0) is 15.5. The van der Waals surface area contributed by atoms with E-state index in [0.717, 1.165) is 18.6 Å². The summed E-state index contributed by atoms with van der Waals surface area (Å²) < 4.78 is 72.3. The van der Waals surface area contributed by atoms with E-state index in [-0.39, 0.29) is 12.6 Å². The highest BCUT2D eigenvalue weighted by atomic mass is 32.2. The molecule has 1 aliphatic heterocycles. The molecular formula is C12H14F3NO4S. The average molecular weight is 325 g/mol. The maximum atomic E-state index is 12.3. The summed E-state index contributed by atoms with van der Waals surface area (Å²) in [6.07, 6.45) is -3.67. The summed E-state index contributed by atoms with van der Waals surface area (Å²) in [7, 11) is -4.11. The fourth-order valence-corrected chi connectivity index (χ4v) is 3.16. The third kappa shape index (κ3) is 4.58. The fourth-order valence-electron chi connectivity index (χ4n) is 1.97. The van der Waals surface area contributed by atoms with E-state index in [1.54, 1.807) is 0 Å². The van der Waals surface area contributed by atoms with Crippen LogP contribution < -0.4 is 9.46 Å². The molecule has 1 heterocycles. The average Bonchev–Trinajstić information content (AvgIpc) is 2.88. The normalized spacial score (nSPS) is 19.7. The molecule has 5 nitrogen and oxygen atoms in total. The van der Waals surface area contributed by atoms with Crippen molar-refractivity contribution in [3.05, 3.63) is 24.3 Å². The highest BCUT2D eigenvalue weighted by molar-refractivity contribution is 7.89. The van der Waals surface area contributed by atoms with Crippen LogP contribution in [-0.4, -0.2) is 34.0 Å². The Morgan fingerprint density at radius 2 is 2.05 bits per heavy atom. The van der Waals surface area contributed by atoms with Gasteiger partial charge in [0, 0.05) is 13.2 Å². The van der Waals surface area contributed by atoms with Gasteiger partial charge in [-0.05, 0) is 25.0 Å². The van der Waals surface area contributed by atoms with Gasteiger partial charge < -0.3 is 9.47 Å². The molecule has 1 N–H and O–H groups in total. The second-order valence-corrected chi connectivity index (χ2v) is 6.22. The summed E-state index contributed by atoms with van der Waals surface area (Å²) >= 11 is 0. The quantitative estimate of drug-likeness (QED) is 0.900. The van der Waals surface area contributed by atoms with Crippen LogP contribution in [0.15, 0.2) is 29.2 Å². The Morgan fingerprint density at radius 1 is 1.33 bits per heavy atom. The molecule has 0 bridgehead atoms. The lowest BCUT2D eigenvalue weighted by molar-refractivity contribution is -0.275. The van der Waals surface area contributed by atoms with E-state index in [9.17, 15) is 21.6 Å². The van der Waals surface area contributed by atoms with Crippen molar-refractivity contribution < 1.29 is 31.1 Å². The van der Waals surface area contributed by atoms with Crippen molar-refractivity contribution in [3.63, 3.8) is 0 Å². The number of hydrogen-bond acceptors (Lipinski definition) is 4. The first-order valence-electron chi connectivity index (χ1n) is 6.24. The van der Waals surface area contributed by atoms with E-state index in [1.807, 2.05) is 0 Å². The highest BCUT2D eigenvalue weighted by Crippen LogP contribution is 2.29. The number of nitrogens with one attached hydrogen (secondary N) is 1. The third-order valence-corrected chi connectivity index (χ3v) is 4.35. The maximum Gasteiger partial charge on any atom is 0.573 e. The minimum Gasteiger partial charge on any atom is -0.404 e. The Hall–Kier alpha value is -1.32. The number of rotatable bonds is 5. The molecular weight excluding hydrogens is 311 g/mol. The lowest BCUT2D eigenvalue weighted by Crippen LogP contribution is -2.32. The van der Waals surface area contributed by atoms with E-state index in [4.69, 9.17) is 4.74 Å². The molecule has 1 aromatic carbocycles. The molecule has 0 spiro atoms. The Balaban J connectivity index is 2.15. The molecule has 21 heavy (non-hydrogen) atoms. The maximum absolute atomic E-state index is 12.3. The molecule has 0 aromatic heterocycles. The zero-order valence-electron chi connectivity index (χ0n) is 10.9. The molecule has 1 saturated heterocycles. The fraction of sp³-hybridized carbons (Fsp3) is 0.500. The van der Waals surface area contributed by atoms with Crippen LogP contribution >= 0.6 is 0 Å². The molecule has 0 saturated carbocycles. The summed E-state index contributed by atoms with van der Waals surface area (Å²) in [4.78, 5) is -0.555. The Kier molecular flexibility index (Phi) is 4.74. The van der Waals surface area contributed by atoms with Gasteiger partial charge in [0.1, 0.15) is 10.6 Å². The van der Waals surface area contributed by atoms with Crippen molar-refractivity contribution in [2.24, 2.45) is 0 Å². The van der Waals surface area contributed by atoms with Gasteiger partial charge >= 0.3 is 6.36 Å². The summed E-state index contributed by atoms with van der Waals surface area (Å²) in [5, 5.41) is 0. The summed E-state index contributed by atoms with van der Waals surface area (Å²) in [6.45, 7) is 0.572. The number of alkyl halides is 3.